The summed E-state index contributed by atoms with van der Waals surface area (Å²) in [5, 5.41) is 6.25. The number of rotatable bonds is 7. The van der Waals surface area contributed by atoms with E-state index < -0.39 is 10.0 Å². The third-order valence-corrected chi connectivity index (χ3v) is 5.44. The fourth-order valence-corrected chi connectivity index (χ4v) is 4.00. The molecule has 1 aromatic rings. The summed E-state index contributed by atoms with van der Waals surface area (Å²) >= 11 is 6.77. The molecule has 10 heteroatoms. The summed E-state index contributed by atoms with van der Waals surface area (Å²) in [5.41, 5.74) is 0. The Balaban J connectivity index is 0.00000441. The van der Waals surface area contributed by atoms with Crippen LogP contribution in [0.25, 0.3) is 0 Å². The number of guanidine groups is 1. The van der Waals surface area contributed by atoms with Crippen LogP contribution in [0.15, 0.2) is 21.3 Å². The second-order valence-corrected chi connectivity index (χ2v) is 8.22. The van der Waals surface area contributed by atoms with E-state index in [4.69, 9.17) is 11.6 Å². The van der Waals surface area contributed by atoms with E-state index in [1.165, 1.54) is 6.07 Å². The van der Waals surface area contributed by atoms with Crippen molar-refractivity contribution in [3.8, 4) is 0 Å². The average molecular weight is 481 g/mol. The molecule has 0 aliphatic carbocycles. The molecule has 0 aliphatic rings. The van der Waals surface area contributed by atoms with Crippen LogP contribution in [-0.2, 0) is 10.0 Å². The van der Waals surface area contributed by atoms with Crippen LogP contribution >= 0.6 is 46.9 Å². The van der Waals surface area contributed by atoms with Gasteiger partial charge in [0.2, 0.25) is 10.0 Å². The van der Waals surface area contributed by atoms with Crippen LogP contribution in [-0.4, -0.2) is 40.1 Å². The highest BCUT2D eigenvalue weighted by Gasteiger charge is 2.15. The molecule has 1 rings (SSSR count). The van der Waals surface area contributed by atoms with Crippen LogP contribution in [0.4, 0.5) is 0 Å². The van der Waals surface area contributed by atoms with Crippen molar-refractivity contribution in [3.05, 3.63) is 16.5 Å². The summed E-state index contributed by atoms with van der Waals surface area (Å²) in [6.07, 6.45) is 0. The highest BCUT2D eigenvalue weighted by molar-refractivity contribution is 14.0. The van der Waals surface area contributed by atoms with Crippen LogP contribution in [0, 0.1) is 0 Å². The molecule has 0 amide bonds. The van der Waals surface area contributed by atoms with Crippen LogP contribution in [0.2, 0.25) is 4.34 Å². The summed E-state index contributed by atoms with van der Waals surface area (Å²) < 4.78 is 27.1. The number of hydrogen-bond donors (Lipinski definition) is 3. The van der Waals surface area contributed by atoms with Gasteiger partial charge in [-0.05, 0) is 32.9 Å². The lowest BCUT2D eigenvalue weighted by Gasteiger charge is -2.13. The smallest absolute Gasteiger partial charge is 0.250 e. The standard InChI is InChI=1S/C12H21ClN4O2S2.HI/c1-4-14-12(17-9(2)3)15-7-8-16-21(18,19)11-6-5-10(13)20-11;/h5-6,9,16H,4,7-8H2,1-3H3,(H2,14,15,17);1H. The minimum Gasteiger partial charge on any atom is -0.357 e. The van der Waals surface area contributed by atoms with Crippen molar-refractivity contribution < 1.29 is 8.42 Å². The summed E-state index contributed by atoms with van der Waals surface area (Å²) in [6.45, 7) is 7.32. The van der Waals surface area contributed by atoms with Crippen molar-refractivity contribution in [3.63, 3.8) is 0 Å². The van der Waals surface area contributed by atoms with E-state index in [0.29, 0.717) is 16.8 Å². The Morgan fingerprint density at radius 2 is 2.09 bits per heavy atom. The number of aliphatic imine (C=N–C) groups is 1. The molecule has 0 radical (unpaired) electrons. The third kappa shape index (κ3) is 7.95. The maximum Gasteiger partial charge on any atom is 0.250 e. The van der Waals surface area contributed by atoms with Gasteiger partial charge in [0.15, 0.2) is 5.96 Å². The Kier molecular flexibility index (Phi) is 10.6. The molecule has 22 heavy (non-hydrogen) atoms. The maximum atomic E-state index is 12.0. The molecule has 0 unspecified atom stereocenters. The summed E-state index contributed by atoms with van der Waals surface area (Å²) in [6, 6.07) is 3.31. The molecule has 0 fully saturated rings. The number of hydrogen-bond acceptors (Lipinski definition) is 4. The van der Waals surface area contributed by atoms with Crippen molar-refractivity contribution in [2.45, 2.75) is 31.0 Å². The largest absolute Gasteiger partial charge is 0.357 e. The Labute approximate surface area is 158 Å². The Hall–Kier alpha value is -0.100. The highest BCUT2D eigenvalue weighted by atomic mass is 127. The Morgan fingerprint density at radius 3 is 2.59 bits per heavy atom. The first-order chi connectivity index (χ1) is 9.85. The lowest BCUT2D eigenvalue weighted by atomic mass is 10.4. The van der Waals surface area contributed by atoms with E-state index in [9.17, 15) is 8.42 Å². The first-order valence-electron chi connectivity index (χ1n) is 6.65. The van der Waals surface area contributed by atoms with Crippen LogP contribution in [0.1, 0.15) is 20.8 Å². The number of nitrogens with zero attached hydrogens (tertiary/aromatic N) is 1. The number of thiophene rings is 1. The van der Waals surface area contributed by atoms with E-state index >= 15 is 0 Å². The fourth-order valence-electron chi connectivity index (χ4n) is 1.45. The number of halogens is 2. The topological polar surface area (TPSA) is 82.6 Å². The van der Waals surface area contributed by atoms with Gasteiger partial charge in [-0.15, -0.1) is 35.3 Å². The van der Waals surface area contributed by atoms with Gasteiger partial charge in [0.05, 0.1) is 10.9 Å². The molecule has 0 spiro atoms. The van der Waals surface area contributed by atoms with Gasteiger partial charge in [0.1, 0.15) is 4.21 Å². The van der Waals surface area contributed by atoms with E-state index in [-0.39, 0.29) is 40.8 Å². The molecule has 1 heterocycles. The lowest BCUT2D eigenvalue weighted by molar-refractivity contribution is 0.584. The Morgan fingerprint density at radius 1 is 1.41 bits per heavy atom. The van der Waals surface area contributed by atoms with Crippen molar-refractivity contribution in [1.29, 1.82) is 0 Å². The second kappa shape index (κ2) is 10.6. The zero-order valence-electron chi connectivity index (χ0n) is 12.7. The van der Waals surface area contributed by atoms with E-state index in [0.717, 1.165) is 17.9 Å². The van der Waals surface area contributed by atoms with E-state index in [1.54, 1.807) is 6.07 Å². The molecule has 0 bridgehead atoms. The monoisotopic (exact) mass is 480 g/mol. The third-order valence-electron chi connectivity index (χ3n) is 2.26. The molecule has 0 saturated carbocycles. The van der Waals surface area contributed by atoms with Crippen LogP contribution < -0.4 is 15.4 Å². The zero-order chi connectivity index (χ0) is 15.9. The van der Waals surface area contributed by atoms with Gasteiger partial charge in [-0.2, -0.15) is 0 Å². The summed E-state index contributed by atoms with van der Waals surface area (Å²) in [7, 11) is -3.50. The van der Waals surface area contributed by atoms with Crippen molar-refractivity contribution >= 4 is 62.9 Å². The number of nitrogens with one attached hydrogen (secondary N) is 3. The molecule has 0 atom stereocenters. The van der Waals surface area contributed by atoms with Gasteiger partial charge in [-0.1, -0.05) is 11.6 Å². The molecule has 0 aliphatic heterocycles. The lowest BCUT2D eigenvalue weighted by Crippen LogP contribution is -2.41. The molecule has 0 saturated heterocycles. The van der Waals surface area contributed by atoms with Gasteiger partial charge < -0.3 is 10.6 Å². The molecule has 1 aromatic heterocycles. The van der Waals surface area contributed by atoms with Gasteiger partial charge in [0, 0.05) is 19.1 Å². The summed E-state index contributed by atoms with van der Waals surface area (Å²) in [4.78, 5) is 4.30. The quantitative estimate of drug-likeness (QED) is 0.242. The van der Waals surface area contributed by atoms with Gasteiger partial charge in [-0.3, -0.25) is 4.99 Å². The minimum absolute atomic E-state index is 0. The molecule has 0 aromatic carbocycles. The van der Waals surface area contributed by atoms with Crippen molar-refractivity contribution in [2.75, 3.05) is 19.6 Å². The molecule has 3 N–H and O–H groups in total. The maximum absolute atomic E-state index is 12.0. The highest BCUT2D eigenvalue weighted by Crippen LogP contribution is 2.25. The molecular formula is C12H22ClIN4O2S2. The van der Waals surface area contributed by atoms with E-state index in [2.05, 4.69) is 20.3 Å². The summed E-state index contributed by atoms with van der Waals surface area (Å²) in [5.74, 6) is 0.672. The first-order valence-corrected chi connectivity index (χ1v) is 9.32. The van der Waals surface area contributed by atoms with Crippen LogP contribution in [0.3, 0.4) is 0 Å². The number of sulfonamides is 1. The normalized spacial score (nSPS) is 12.1. The van der Waals surface area contributed by atoms with Gasteiger partial charge >= 0.3 is 0 Å². The van der Waals surface area contributed by atoms with Crippen molar-refractivity contribution in [1.82, 2.24) is 15.4 Å². The predicted octanol–water partition coefficient (Wildman–Crippen LogP) is 2.26. The zero-order valence-corrected chi connectivity index (χ0v) is 17.4. The van der Waals surface area contributed by atoms with Gasteiger partial charge in [-0.25, -0.2) is 13.1 Å². The predicted molar refractivity (Wildman–Crippen MR) is 104 cm³/mol. The molecular weight excluding hydrogens is 459 g/mol. The molecule has 6 nitrogen and oxygen atoms in total. The fraction of sp³-hybridized carbons (Fsp3) is 0.583. The van der Waals surface area contributed by atoms with Crippen LogP contribution in [0.5, 0.6) is 0 Å². The van der Waals surface area contributed by atoms with E-state index in [1.807, 2.05) is 20.8 Å². The first kappa shape index (κ1) is 21.9. The Bertz CT molecular complexity index is 575. The average Bonchev–Trinajstić information content (AvgIpc) is 2.81. The second-order valence-electron chi connectivity index (χ2n) is 4.52. The van der Waals surface area contributed by atoms with Gasteiger partial charge in [0.25, 0.3) is 0 Å². The van der Waals surface area contributed by atoms with Crippen molar-refractivity contribution in [2.24, 2.45) is 4.99 Å². The molecule has 128 valence electrons. The SMILES string of the molecule is CCNC(=NCCNS(=O)(=O)c1ccc(Cl)s1)NC(C)C.I. The minimum atomic E-state index is -3.50.